The second-order valence-electron chi connectivity index (χ2n) is 4.43. The van der Waals surface area contributed by atoms with Crippen molar-refractivity contribution in [3.05, 3.63) is 65.5 Å². The third-order valence-corrected chi connectivity index (χ3v) is 3.16. The lowest BCUT2D eigenvalue weighted by atomic mass is 10.1. The molecule has 0 amide bonds. The maximum Gasteiger partial charge on any atom is 0.129 e. The van der Waals surface area contributed by atoms with Gasteiger partial charge in [0.05, 0.1) is 0 Å². The van der Waals surface area contributed by atoms with E-state index in [4.69, 9.17) is 4.74 Å². The van der Waals surface area contributed by atoms with Crippen LogP contribution < -0.4 is 10.1 Å². The minimum Gasteiger partial charge on any atom is -0.488 e. The fourth-order valence-electron chi connectivity index (χ4n) is 1.90. The molecule has 2 rings (SSSR count). The highest BCUT2D eigenvalue weighted by molar-refractivity contribution is 5.35. The number of nitrogens with one attached hydrogen (secondary N) is 1. The standard InChI is InChI=1S/C16H18FNO/c1-12(18-2)14-8-4-6-10-16(14)19-11-13-7-3-5-9-15(13)17/h3-10,12,18H,11H2,1-2H3. The van der Waals surface area contributed by atoms with Gasteiger partial charge in [-0.05, 0) is 26.1 Å². The highest BCUT2D eigenvalue weighted by Gasteiger charge is 2.10. The normalized spacial score (nSPS) is 12.2. The molecule has 1 N–H and O–H groups in total. The lowest BCUT2D eigenvalue weighted by Gasteiger charge is -2.16. The fourth-order valence-corrected chi connectivity index (χ4v) is 1.90. The molecule has 0 aliphatic rings. The van der Waals surface area contributed by atoms with Gasteiger partial charge in [0.15, 0.2) is 0 Å². The summed E-state index contributed by atoms with van der Waals surface area (Å²) in [6.45, 7) is 2.30. The van der Waals surface area contributed by atoms with Gasteiger partial charge in [0.25, 0.3) is 0 Å². The van der Waals surface area contributed by atoms with E-state index in [0.717, 1.165) is 11.3 Å². The molecule has 0 saturated heterocycles. The summed E-state index contributed by atoms with van der Waals surface area (Å²) >= 11 is 0. The van der Waals surface area contributed by atoms with Crippen LogP contribution in [0.5, 0.6) is 5.75 Å². The molecule has 0 spiro atoms. The first-order valence-electron chi connectivity index (χ1n) is 6.34. The van der Waals surface area contributed by atoms with E-state index in [1.807, 2.05) is 37.4 Å². The molecule has 3 heteroatoms. The van der Waals surface area contributed by atoms with E-state index < -0.39 is 0 Å². The Kier molecular flexibility index (Phi) is 4.53. The quantitative estimate of drug-likeness (QED) is 0.884. The van der Waals surface area contributed by atoms with E-state index in [0.29, 0.717) is 5.56 Å². The predicted molar refractivity (Wildman–Crippen MR) is 74.6 cm³/mol. The number of hydrogen-bond donors (Lipinski definition) is 1. The summed E-state index contributed by atoms with van der Waals surface area (Å²) in [6, 6.07) is 14.7. The lowest BCUT2D eigenvalue weighted by Crippen LogP contribution is -2.13. The molecule has 2 aromatic carbocycles. The average Bonchev–Trinajstić information content (AvgIpc) is 2.46. The smallest absolute Gasteiger partial charge is 0.129 e. The van der Waals surface area contributed by atoms with Gasteiger partial charge in [0, 0.05) is 17.2 Å². The molecule has 100 valence electrons. The molecule has 19 heavy (non-hydrogen) atoms. The van der Waals surface area contributed by atoms with Crippen molar-refractivity contribution in [1.82, 2.24) is 5.32 Å². The SMILES string of the molecule is CNC(C)c1ccccc1OCc1ccccc1F. The minimum atomic E-state index is -0.235. The summed E-state index contributed by atoms with van der Waals surface area (Å²) < 4.78 is 19.3. The van der Waals surface area contributed by atoms with Gasteiger partial charge >= 0.3 is 0 Å². The average molecular weight is 259 g/mol. The second kappa shape index (κ2) is 6.34. The molecule has 0 fully saturated rings. The molecule has 0 bridgehead atoms. The van der Waals surface area contributed by atoms with Gasteiger partial charge in [-0.25, -0.2) is 4.39 Å². The maximum absolute atomic E-state index is 13.5. The van der Waals surface area contributed by atoms with Gasteiger partial charge in [-0.2, -0.15) is 0 Å². The van der Waals surface area contributed by atoms with Gasteiger partial charge in [0.1, 0.15) is 18.2 Å². The third kappa shape index (κ3) is 3.32. The zero-order chi connectivity index (χ0) is 13.7. The van der Waals surface area contributed by atoms with Gasteiger partial charge in [0.2, 0.25) is 0 Å². The number of ether oxygens (including phenoxy) is 1. The molecule has 0 heterocycles. The van der Waals surface area contributed by atoms with Crippen molar-refractivity contribution in [1.29, 1.82) is 0 Å². The molecule has 2 nitrogen and oxygen atoms in total. The summed E-state index contributed by atoms with van der Waals surface area (Å²) in [4.78, 5) is 0. The van der Waals surface area contributed by atoms with Crippen LogP contribution in [0.3, 0.4) is 0 Å². The van der Waals surface area contributed by atoms with Crippen molar-refractivity contribution >= 4 is 0 Å². The van der Waals surface area contributed by atoms with Gasteiger partial charge in [-0.1, -0.05) is 36.4 Å². The Bertz CT molecular complexity index is 542. The number of hydrogen-bond acceptors (Lipinski definition) is 2. The molecule has 0 saturated carbocycles. The molecule has 0 radical (unpaired) electrons. The van der Waals surface area contributed by atoms with E-state index in [-0.39, 0.29) is 18.5 Å². The molecule has 2 aromatic rings. The third-order valence-electron chi connectivity index (χ3n) is 3.16. The van der Waals surface area contributed by atoms with Gasteiger partial charge < -0.3 is 10.1 Å². The van der Waals surface area contributed by atoms with E-state index in [2.05, 4.69) is 12.2 Å². The second-order valence-corrected chi connectivity index (χ2v) is 4.43. The zero-order valence-corrected chi connectivity index (χ0v) is 11.2. The van der Waals surface area contributed by atoms with Crippen LogP contribution in [0.4, 0.5) is 4.39 Å². The van der Waals surface area contributed by atoms with E-state index in [9.17, 15) is 4.39 Å². The van der Waals surface area contributed by atoms with Crippen LogP contribution in [-0.4, -0.2) is 7.05 Å². The van der Waals surface area contributed by atoms with Crippen LogP contribution in [0, 0.1) is 5.82 Å². The summed E-state index contributed by atoms with van der Waals surface area (Å²) in [5, 5.41) is 3.18. The predicted octanol–water partition coefficient (Wildman–Crippen LogP) is 3.69. The first-order chi connectivity index (χ1) is 9.22. The van der Waals surface area contributed by atoms with Crippen LogP contribution in [0.15, 0.2) is 48.5 Å². The fraction of sp³-hybridized carbons (Fsp3) is 0.250. The molecule has 0 aliphatic carbocycles. The summed E-state index contributed by atoms with van der Waals surface area (Å²) in [5.41, 5.74) is 1.63. The molecule has 1 atom stereocenters. The number of rotatable bonds is 5. The first-order valence-corrected chi connectivity index (χ1v) is 6.34. The van der Waals surface area contributed by atoms with Crippen molar-refractivity contribution in [2.75, 3.05) is 7.05 Å². The van der Waals surface area contributed by atoms with Crippen molar-refractivity contribution < 1.29 is 9.13 Å². The van der Waals surface area contributed by atoms with Crippen molar-refractivity contribution in [3.63, 3.8) is 0 Å². The van der Waals surface area contributed by atoms with Gasteiger partial charge in [-0.3, -0.25) is 0 Å². The van der Waals surface area contributed by atoms with Crippen LogP contribution in [0.2, 0.25) is 0 Å². The van der Waals surface area contributed by atoms with Gasteiger partial charge in [-0.15, -0.1) is 0 Å². The van der Waals surface area contributed by atoms with E-state index >= 15 is 0 Å². The summed E-state index contributed by atoms with van der Waals surface area (Å²) in [6.07, 6.45) is 0. The number of halogens is 1. The van der Waals surface area contributed by atoms with Crippen LogP contribution in [-0.2, 0) is 6.61 Å². The molecule has 0 aromatic heterocycles. The van der Waals surface area contributed by atoms with E-state index in [1.165, 1.54) is 6.07 Å². The molecule has 0 aliphatic heterocycles. The highest BCUT2D eigenvalue weighted by atomic mass is 19.1. The number of benzene rings is 2. The van der Waals surface area contributed by atoms with Crippen LogP contribution in [0.25, 0.3) is 0 Å². The Hall–Kier alpha value is -1.87. The van der Waals surface area contributed by atoms with Crippen molar-refractivity contribution in [2.45, 2.75) is 19.6 Å². The molecule has 1 unspecified atom stereocenters. The zero-order valence-electron chi connectivity index (χ0n) is 11.2. The topological polar surface area (TPSA) is 21.3 Å². The number of para-hydroxylation sites is 1. The Morgan fingerprint density at radius 3 is 2.53 bits per heavy atom. The Morgan fingerprint density at radius 1 is 1.11 bits per heavy atom. The first kappa shape index (κ1) is 13.6. The summed E-state index contributed by atoms with van der Waals surface area (Å²) in [5.74, 6) is 0.550. The Morgan fingerprint density at radius 2 is 1.79 bits per heavy atom. The van der Waals surface area contributed by atoms with Crippen LogP contribution >= 0.6 is 0 Å². The Balaban J connectivity index is 2.14. The monoisotopic (exact) mass is 259 g/mol. The van der Waals surface area contributed by atoms with Crippen molar-refractivity contribution in [3.8, 4) is 5.75 Å². The van der Waals surface area contributed by atoms with Crippen molar-refractivity contribution in [2.24, 2.45) is 0 Å². The molecular formula is C16H18FNO. The maximum atomic E-state index is 13.5. The minimum absolute atomic E-state index is 0.192. The summed E-state index contributed by atoms with van der Waals surface area (Å²) in [7, 11) is 1.90. The highest BCUT2D eigenvalue weighted by Crippen LogP contribution is 2.25. The van der Waals surface area contributed by atoms with Crippen LogP contribution in [0.1, 0.15) is 24.1 Å². The van der Waals surface area contributed by atoms with E-state index in [1.54, 1.807) is 12.1 Å². The largest absolute Gasteiger partial charge is 0.488 e. The Labute approximate surface area is 113 Å². The molecular weight excluding hydrogens is 241 g/mol. The lowest BCUT2D eigenvalue weighted by molar-refractivity contribution is 0.294.